The van der Waals surface area contributed by atoms with Gasteiger partial charge >= 0.3 is 5.97 Å². The molecule has 3 rings (SSSR count). The van der Waals surface area contributed by atoms with Gasteiger partial charge in [-0.15, -0.1) is 0 Å². The predicted molar refractivity (Wildman–Crippen MR) is 92.3 cm³/mol. The molecule has 29 heavy (non-hydrogen) atoms. The van der Waals surface area contributed by atoms with Crippen molar-refractivity contribution in [1.29, 1.82) is 0 Å². The van der Waals surface area contributed by atoms with E-state index in [0.29, 0.717) is 11.0 Å². The number of imide groups is 1. The molecule has 0 bridgehead atoms. The topological polar surface area (TPSA) is 92.8 Å². The Morgan fingerprint density at radius 3 is 2.17 bits per heavy atom. The van der Waals surface area contributed by atoms with Crippen LogP contribution in [0.3, 0.4) is 0 Å². The molecule has 1 aliphatic heterocycles. The van der Waals surface area contributed by atoms with E-state index >= 15 is 0 Å². The zero-order valence-electron chi connectivity index (χ0n) is 14.9. The lowest BCUT2D eigenvalue weighted by atomic mass is 10.1. The molecule has 1 heterocycles. The smallest absolute Gasteiger partial charge is 0.329 e. The second kappa shape index (κ2) is 7.74. The van der Waals surface area contributed by atoms with Crippen molar-refractivity contribution < 1.29 is 37.1 Å². The number of halogens is 3. The van der Waals surface area contributed by atoms with Crippen LogP contribution < -0.4 is 5.32 Å². The lowest BCUT2D eigenvalue weighted by molar-refractivity contribution is -0.150. The van der Waals surface area contributed by atoms with Gasteiger partial charge in [-0.1, -0.05) is 12.1 Å². The minimum absolute atomic E-state index is 0.142. The number of fused-ring (bicyclic) bond motifs is 1. The Bertz CT molecular complexity index is 1010. The highest BCUT2D eigenvalue weighted by molar-refractivity contribution is 6.22. The Morgan fingerprint density at radius 1 is 1.00 bits per heavy atom. The second-order valence-corrected chi connectivity index (χ2v) is 6.08. The molecule has 0 saturated heterocycles. The predicted octanol–water partition coefficient (Wildman–Crippen LogP) is 2.27. The number of anilines is 1. The Labute approximate surface area is 162 Å². The van der Waals surface area contributed by atoms with E-state index < -0.39 is 59.5 Å². The van der Waals surface area contributed by atoms with Crippen LogP contribution in [0.1, 0.15) is 27.6 Å². The fraction of sp³-hybridized carbons (Fsp3) is 0.158. The highest BCUT2D eigenvalue weighted by Gasteiger charge is 2.41. The van der Waals surface area contributed by atoms with Gasteiger partial charge in [0.15, 0.2) is 24.1 Å². The summed E-state index contributed by atoms with van der Waals surface area (Å²) in [7, 11) is 0. The first-order chi connectivity index (χ1) is 13.7. The minimum atomic E-state index is -1.76. The maximum absolute atomic E-state index is 13.6. The number of amides is 3. The Kier molecular flexibility index (Phi) is 5.35. The lowest BCUT2D eigenvalue weighted by Gasteiger charge is -2.20. The SMILES string of the molecule is C[C@H](C(=O)OCC(=O)Nc1ccc(F)c(F)c1F)N1C(=O)c2ccccc2C1=O. The van der Waals surface area contributed by atoms with Gasteiger partial charge in [-0.2, -0.15) is 0 Å². The fourth-order valence-electron chi connectivity index (χ4n) is 2.73. The Hall–Kier alpha value is -3.69. The largest absolute Gasteiger partial charge is 0.454 e. The third kappa shape index (κ3) is 3.68. The van der Waals surface area contributed by atoms with Crippen LogP contribution in [-0.4, -0.2) is 41.2 Å². The fourth-order valence-corrected chi connectivity index (χ4v) is 2.73. The van der Waals surface area contributed by atoms with Gasteiger partial charge in [0.05, 0.1) is 16.8 Å². The van der Waals surface area contributed by atoms with Crippen LogP contribution in [0.4, 0.5) is 18.9 Å². The summed E-state index contributed by atoms with van der Waals surface area (Å²) in [6.07, 6.45) is 0. The van der Waals surface area contributed by atoms with Crippen LogP contribution in [0.25, 0.3) is 0 Å². The quantitative estimate of drug-likeness (QED) is 0.467. The molecule has 150 valence electrons. The third-order valence-corrected chi connectivity index (χ3v) is 4.21. The first-order valence-electron chi connectivity index (χ1n) is 8.29. The lowest BCUT2D eigenvalue weighted by Crippen LogP contribution is -2.44. The summed E-state index contributed by atoms with van der Waals surface area (Å²) < 4.78 is 44.4. The molecular weight excluding hydrogens is 393 g/mol. The van der Waals surface area contributed by atoms with E-state index in [9.17, 15) is 32.3 Å². The van der Waals surface area contributed by atoms with Gasteiger partial charge in [-0.3, -0.25) is 19.3 Å². The van der Waals surface area contributed by atoms with E-state index in [-0.39, 0.29) is 11.1 Å². The number of nitrogens with zero attached hydrogens (tertiary/aromatic N) is 1. The molecule has 0 saturated carbocycles. The summed E-state index contributed by atoms with van der Waals surface area (Å²) in [6, 6.07) is 6.11. The van der Waals surface area contributed by atoms with E-state index in [1.165, 1.54) is 19.1 Å². The molecule has 2 aromatic carbocycles. The van der Waals surface area contributed by atoms with Crippen LogP contribution in [-0.2, 0) is 14.3 Å². The molecule has 0 radical (unpaired) electrons. The van der Waals surface area contributed by atoms with Gasteiger partial charge < -0.3 is 10.1 Å². The van der Waals surface area contributed by atoms with Crippen molar-refractivity contribution in [2.75, 3.05) is 11.9 Å². The molecule has 0 fully saturated rings. The maximum atomic E-state index is 13.6. The van der Waals surface area contributed by atoms with Crippen molar-refractivity contribution in [1.82, 2.24) is 4.90 Å². The molecule has 0 unspecified atom stereocenters. The van der Waals surface area contributed by atoms with Crippen LogP contribution >= 0.6 is 0 Å². The van der Waals surface area contributed by atoms with Crippen molar-refractivity contribution in [3.63, 3.8) is 0 Å². The molecule has 3 amide bonds. The summed E-state index contributed by atoms with van der Waals surface area (Å²) in [4.78, 5) is 49.3. The minimum Gasteiger partial charge on any atom is -0.454 e. The number of nitrogens with one attached hydrogen (secondary N) is 1. The number of rotatable bonds is 5. The molecule has 7 nitrogen and oxygen atoms in total. The van der Waals surface area contributed by atoms with Crippen molar-refractivity contribution >= 4 is 29.4 Å². The molecule has 1 aliphatic rings. The summed E-state index contributed by atoms with van der Waals surface area (Å²) in [5.41, 5.74) is -0.356. The van der Waals surface area contributed by atoms with Gasteiger partial charge in [-0.25, -0.2) is 18.0 Å². The maximum Gasteiger partial charge on any atom is 0.329 e. The highest BCUT2D eigenvalue weighted by atomic mass is 19.2. The van der Waals surface area contributed by atoms with Gasteiger partial charge in [0.1, 0.15) is 6.04 Å². The number of esters is 1. The number of hydrogen-bond acceptors (Lipinski definition) is 5. The monoisotopic (exact) mass is 406 g/mol. The van der Waals surface area contributed by atoms with Crippen LogP contribution in [0, 0.1) is 17.5 Å². The number of carbonyl (C=O) groups is 4. The second-order valence-electron chi connectivity index (χ2n) is 6.08. The molecule has 0 aromatic heterocycles. The molecule has 0 spiro atoms. The van der Waals surface area contributed by atoms with Crippen LogP contribution in [0.15, 0.2) is 36.4 Å². The van der Waals surface area contributed by atoms with Crippen molar-refractivity contribution in [3.05, 3.63) is 65.0 Å². The Morgan fingerprint density at radius 2 is 1.59 bits per heavy atom. The van der Waals surface area contributed by atoms with Crippen molar-refractivity contribution in [3.8, 4) is 0 Å². The van der Waals surface area contributed by atoms with E-state index in [0.717, 1.165) is 6.07 Å². The third-order valence-electron chi connectivity index (χ3n) is 4.21. The first kappa shape index (κ1) is 20.1. The summed E-state index contributed by atoms with van der Waals surface area (Å²) in [6.45, 7) is 0.349. The molecule has 10 heteroatoms. The summed E-state index contributed by atoms with van der Waals surface area (Å²) in [5.74, 6) is -8.24. The van der Waals surface area contributed by atoms with E-state index in [1.54, 1.807) is 12.1 Å². The van der Waals surface area contributed by atoms with E-state index in [4.69, 9.17) is 4.74 Å². The van der Waals surface area contributed by atoms with Gasteiger partial charge in [0, 0.05) is 0 Å². The standard InChI is InChI=1S/C19H13F3N2O5/c1-9(24-17(26)10-4-2-3-5-11(10)18(24)27)19(28)29-8-14(25)23-13-7-6-12(20)15(21)16(13)22/h2-7,9H,8H2,1H3,(H,23,25)/t9-/m1/s1. The van der Waals surface area contributed by atoms with Gasteiger partial charge in [0.2, 0.25) is 0 Å². The van der Waals surface area contributed by atoms with Crippen molar-refractivity contribution in [2.45, 2.75) is 13.0 Å². The average molecular weight is 406 g/mol. The molecule has 1 N–H and O–H groups in total. The van der Waals surface area contributed by atoms with E-state index in [1.807, 2.05) is 5.32 Å². The molecule has 1 atom stereocenters. The summed E-state index contributed by atoms with van der Waals surface area (Å²) in [5, 5.41) is 1.93. The molecule has 2 aromatic rings. The average Bonchev–Trinajstić information content (AvgIpc) is 2.96. The Balaban J connectivity index is 1.61. The first-order valence-corrected chi connectivity index (χ1v) is 8.29. The number of carbonyl (C=O) groups excluding carboxylic acids is 4. The molecule has 0 aliphatic carbocycles. The number of ether oxygens (including phenoxy) is 1. The zero-order valence-corrected chi connectivity index (χ0v) is 14.9. The zero-order chi connectivity index (χ0) is 21.3. The normalized spacial score (nSPS) is 13.9. The highest BCUT2D eigenvalue weighted by Crippen LogP contribution is 2.25. The van der Waals surface area contributed by atoms with Gasteiger partial charge in [-0.05, 0) is 31.2 Å². The van der Waals surface area contributed by atoms with Crippen LogP contribution in [0.2, 0.25) is 0 Å². The van der Waals surface area contributed by atoms with Crippen LogP contribution in [0.5, 0.6) is 0 Å². The van der Waals surface area contributed by atoms with E-state index in [2.05, 4.69) is 0 Å². The number of benzene rings is 2. The molecular formula is C19H13F3N2O5. The summed E-state index contributed by atoms with van der Waals surface area (Å²) >= 11 is 0. The number of hydrogen-bond donors (Lipinski definition) is 1. The van der Waals surface area contributed by atoms with Crippen molar-refractivity contribution in [2.24, 2.45) is 0 Å². The van der Waals surface area contributed by atoms with Gasteiger partial charge in [0.25, 0.3) is 17.7 Å².